The Morgan fingerprint density at radius 3 is 2.89 bits per heavy atom. The van der Waals surface area contributed by atoms with Crippen molar-refractivity contribution in [1.29, 1.82) is 0 Å². The summed E-state index contributed by atoms with van der Waals surface area (Å²) in [6.45, 7) is 2.62. The predicted octanol–water partition coefficient (Wildman–Crippen LogP) is 2.78. The summed E-state index contributed by atoms with van der Waals surface area (Å²) < 4.78 is 6.81. The molecule has 2 heterocycles. The molecule has 0 spiro atoms. The van der Waals surface area contributed by atoms with Crippen LogP contribution in [-0.2, 0) is 16.0 Å². The van der Waals surface area contributed by atoms with Gasteiger partial charge in [-0.25, -0.2) is 0 Å². The smallest absolute Gasteiger partial charge is 0.140 e. The lowest BCUT2D eigenvalue weighted by Gasteiger charge is -2.22. The van der Waals surface area contributed by atoms with Crippen LogP contribution in [0.15, 0.2) is 15.9 Å². The lowest BCUT2D eigenvalue weighted by Crippen LogP contribution is -2.32. The second-order valence-corrected chi connectivity index (χ2v) is 7.04. The maximum absolute atomic E-state index is 11.8. The highest BCUT2D eigenvalue weighted by molar-refractivity contribution is 9.11. The van der Waals surface area contributed by atoms with Gasteiger partial charge in [0.15, 0.2) is 0 Å². The fourth-order valence-corrected chi connectivity index (χ4v) is 3.54. The van der Waals surface area contributed by atoms with E-state index in [0.717, 1.165) is 34.6 Å². The third kappa shape index (κ3) is 4.80. The quantitative estimate of drug-likeness (QED) is 0.871. The molecule has 1 aliphatic rings. The van der Waals surface area contributed by atoms with Crippen molar-refractivity contribution in [2.45, 2.75) is 31.8 Å². The molecule has 1 aliphatic heterocycles. The number of hydrogen-bond donors (Lipinski definition) is 1. The van der Waals surface area contributed by atoms with Crippen LogP contribution in [0.4, 0.5) is 0 Å². The van der Waals surface area contributed by atoms with Crippen LogP contribution in [0.25, 0.3) is 0 Å². The Hall–Kier alpha value is -0.230. The van der Waals surface area contributed by atoms with Crippen molar-refractivity contribution in [2.24, 2.45) is 0 Å². The van der Waals surface area contributed by atoms with E-state index in [1.807, 2.05) is 12.1 Å². The van der Waals surface area contributed by atoms with Crippen molar-refractivity contribution in [3.8, 4) is 0 Å². The number of carbonyl (C=O) groups excluding carboxylic acids is 1. The number of carbonyl (C=O) groups is 1. The molecule has 0 atom stereocenters. The maximum Gasteiger partial charge on any atom is 0.140 e. The molecule has 100 valence electrons. The van der Waals surface area contributed by atoms with Crippen LogP contribution in [0.2, 0.25) is 0 Å². The van der Waals surface area contributed by atoms with Crippen LogP contribution in [0.5, 0.6) is 0 Å². The molecular weight excluding hydrogens is 314 g/mol. The van der Waals surface area contributed by atoms with Crippen LogP contribution >= 0.6 is 27.3 Å². The molecule has 1 fully saturated rings. The van der Waals surface area contributed by atoms with Gasteiger partial charge < -0.3 is 10.1 Å². The van der Waals surface area contributed by atoms with Gasteiger partial charge in [-0.15, -0.1) is 11.3 Å². The topological polar surface area (TPSA) is 38.3 Å². The van der Waals surface area contributed by atoms with E-state index in [9.17, 15) is 4.79 Å². The molecule has 1 aromatic heterocycles. The summed E-state index contributed by atoms with van der Waals surface area (Å²) in [6, 6.07) is 3.99. The molecule has 2 rings (SSSR count). The normalized spacial score (nSPS) is 16.9. The first kappa shape index (κ1) is 14.2. The number of Topliss-reactive ketones (excluding diaryl/α,β-unsaturated/α-hetero) is 1. The Labute approximate surface area is 120 Å². The van der Waals surface area contributed by atoms with Crippen LogP contribution < -0.4 is 5.32 Å². The van der Waals surface area contributed by atoms with E-state index in [4.69, 9.17) is 4.74 Å². The SMILES string of the molecule is O=C(CCOC1CCNCC1)Cc1ccc(Br)s1. The van der Waals surface area contributed by atoms with Gasteiger partial charge in [0, 0.05) is 17.7 Å². The van der Waals surface area contributed by atoms with Crippen molar-refractivity contribution >= 4 is 33.0 Å². The minimum Gasteiger partial charge on any atom is -0.378 e. The molecule has 0 unspecified atom stereocenters. The van der Waals surface area contributed by atoms with Crippen molar-refractivity contribution in [1.82, 2.24) is 5.32 Å². The van der Waals surface area contributed by atoms with Crippen LogP contribution in [0.1, 0.15) is 24.1 Å². The van der Waals surface area contributed by atoms with Gasteiger partial charge in [0.05, 0.1) is 16.5 Å². The number of thiophene rings is 1. The van der Waals surface area contributed by atoms with Crippen molar-refractivity contribution < 1.29 is 9.53 Å². The van der Waals surface area contributed by atoms with Gasteiger partial charge in [-0.2, -0.15) is 0 Å². The molecule has 0 saturated carbocycles. The molecule has 0 aromatic carbocycles. The molecular formula is C13H18BrNO2S. The summed E-state index contributed by atoms with van der Waals surface area (Å²) in [7, 11) is 0. The minimum absolute atomic E-state index is 0.262. The fraction of sp³-hybridized carbons (Fsp3) is 0.615. The molecule has 0 radical (unpaired) electrons. The molecule has 5 heteroatoms. The Bertz CT molecular complexity index is 388. The highest BCUT2D eigenvalue weighted by Gasteiger charge is 2.13. The molecule has 1 aromatic rings. The zero-order valence-corrected chi connectivity index (χ0v) is 12.7. The summed E-state index contributed by atoms with van der Waals surface area (Å²) in [5, 5.41) is 3.30. The van der Waals surface area contributed by atoms with Gasteiger partial charge in [-0.3, -0.25) is 4.79 Å². The average Bonchev–Trinajstić information content (AvgIpc) is 2.76. The first-order valence-corrected chi connectivity index (χ1v) is 7.93. The molecule has 1 N–H and O–H groups in total. The van der Waals surface area contributed by atoms with Gasteiger partial charge in [0.25, 0.3) is 0 Å². The number of ether oxygens (including phenoxy) is 1. The minimum atomic E-state index is 0.262. The predicted molar refractivity (Wildman–Crippen MR) is 77.2 cm³/mol. The van der Waals surface area contributed by atoms with Crippen molar-refractivity contribution in [3.05, 3.63) is 20.8 Å². The highest BCUT2D eigenvalue weighted by Crippen LogP contribution is 2.22. The Morgan fingerprint density at radius 1 is 1.44 bits per heavy atom. The standard InChI is InChI=1S/C13H18BrNO2S/c14-13-2-1-12(18-13)9-10(16)5-8-17-11-3-6-15-7-4-11/h1-2,11,15H,3-9H2. The number of hydrogen-bond acceptors (Lipinski definition) is 4. The molecule has 0 aliphatic carbocycles. The third-order valence-electron chi connectivity index (χ3n) is 3.02. The van der Waals surface area contributed by atoms with E-state index >= 15 is 0 Å². The maximum atomic E-state index is 11.8. The Balaban J connectivity index is 1.62. The van der Waals surface area contributed by atoms with Crippen LogP contribution in [0.3, 0.4) is 0 Å². The van der Waals surface area contributed by atoms with Crippen LogP contribution in [-0.4, -0.2) is 31.6 Å². The lowest BCUT2D eigenvalue weighted by molar-refractivity contribution is -0.120. The molecule has 3 nitrogen and oxygen atoms in total. The number of piperidine rings is 1. The average molecular weight is 332 g/mol. The molecule has 0 bridgehead atoms. The summed E-state index contributed by atoms with van der Waals surface area (Å²) in [4.78, 5) is 12.9. The van der Waals surface area contributed by atoms with Crippen molar-refractivity contribution in [2.75, 3.05) is 19.7 Å². The largest absolute Gasteiger partial charge is 0.378 e. The van der Waals surface area contributed by atoms with E-state index in [1.54, 1.807) is 11.3 Å². The highest BCUT2D eigenvalue weighted by atomic mass is 79.9. The molecule has 0 amide bonds. The van der Waals surface area contributed by atoms with E-state index in [-0.39, 0.29) is 5.78 Å². The van der Waals surface area contributed by atoms with Crippen molar-refractivity contribution in [3.63, 3.8) is 0 Å². The fourth-order valence-electron chi connectivity index (χ4n) is 2.03. The van der Waals surface area contributed by atoms with Crippen LogP contribution in [0, 0.1) is 0 Å². The molecule has 18 heavy (non-hydrogen) atoms. The van der Waals surface area contributed by atoms with Gasteiger partial charge in [-0.1, -0.05) is 0 Å². The van der Waals surface area contributed by atoms with Gasteiger partial charge >= 0.3 is 0 Å². The second kappa shape index (κ2) is 7.38. The van der Waals surface area contributed by atoms with Gasteiger partial charge in [0.2, 0.25) is 0 Å². The Kier molecular flexibility index (Phi) is 5.82. The number of ketones is 1. The first-order valence-electron chi connectivity index (χ1n) is 6.32. The second-order valence-electron chi connectivity index (χ2n) is 4.49. The number of nitrogens with one attached hydrogen (secondary N) is 1. The lowest BCUT2D eigenvalue weighted by atomic mass is 10.1. The zero-order chi connectivity index (χ0) is 12.8. The van der Waals surface area contributed by atoms with E-state index < -0.39 is 0 Å². The van der Waals surface area contributed by atoms with E-state index in [2.05, 4.69) is 21.2 Å². The monoisotopic (exact) mass is 331 g/mol. The first-order chi connectivity index (χ1) is 8.74. The number of halogens is 1. The number of rotatable bonds is 6. The van der Waals surface area contributed by atoms with E-state index in [0.29, 0.717) is 25.6 Å². The van der Waals surface area contributed by atoms with E-state index in [1.165, 1.54) is 0 Å². The Morgan fingerprint density at radius 2 is 2.22 bits per heavy atom. The third-order valence-corrected chi connectivity index (χ3v) is 4.64. The summed E-state index contributed by atoms with van der Waals surface area (Å²) in [5.74, 6) is 0.262. The molecule has 1 saturated heterocycles. The zero-order valence-electron chi connectivity index (χ0n) is 10.3. The summed E-state index contributed by atoms with van der Waals surface area (Å²) >= 11 is 5.03. The van der Waals surface area contributed by atoms with Gasteiger partial charge in [-0.05, 0) is 54.0 Å². The summed E-state index contributed by atoms with van der Waals surface area (Å²) in [5.41, 5.74) is 0. The van der Waals surface area contributed by atoms with Gasteiger partial charge in [0.1, 0.15) is 5.78 Å². The summed E-state index contributed by atoms with van der Waals surface area (Å²) in [6.07, 6.45) is 3.53.